The van der Waals surface area contributed by atoms with E-state index in [-0.39, 0.29) is 4.90 Å². The Kier molecular flexibility index (Phi) is 5.39. The van der Waals surface area contributed by atoms with Gasteiger partial charge in [0, 0.05) is 34.9 Å². The van der Waals surface area contributed by atoms with Crippen LogP contribution in [0.15, 0.2) is 65.6 Å². The highest BCUT2D eigenvalue weighted by molar-refractivity contribution is 7.93. The Morgan fingerprint density at radius 1 is 0.923 bits per heavy atom. The summed E-state index contributed by atoms with van der Waals surface area (Å²) in [4.78, 5) is 2.37. The molecule has 3 rings (SSSR count). The van der Waals surface area contributed by atoms with Crippen molar-refractivity contribution < 1.29 is 8.42 Å². The van der Waals surface area contributed by atoms with Gasteiger partial charge in [0.1, 0.15) is 0 Å². The van der Waals surface area contributed by atoms with Gasteiger partial charge in [-0.25, -0.2) is 8.42 Å². The van der Waals surface area contributed by atoms with Crippen molar-refractivity contribution in [2.45, 2.75) is 18.7 Å². The van der Waals surface area contributed by atoms with Gasteiger partial charge in [-0.15, -0.1) is 0 Å². The van der Waals surface area contributed by atoms with Crippen LogP contribution in [0, 0.1) is 0 Å². The summed E-state index contributed by atoms with van der Waals surface area (Å²) in [6.07, 6.45) is 0. The van der Waals surface area contributed by atoms with Gasteiger partial charge in [-0.05, 0) is 55.6 Å². The zero-order valence-electron chi connectivity index (χ0n) is 14.7. The molecule has 3 aromatic rings. The maximum absolute atomic E-state index is 12.9. The van der Waals surface area contributed by atoms with E-state index in [4.69, 9.17) is 11.6 Å². The maximum Gasteiger partial charge on any atom is 0.262 e. The Morgan fingerprint density at radius 3 is 2.15 bits per heavy atom. The second-order valence-corrected chi connectivity index (χ2v) is 7.98. The number of hydrogen-bond donors (Lipinski definition) is 1. The first kappa shape index (κ1) is 18.5. The summed E-state index contributed by atoms with van der Waals surface area (Å²) in [5.41, 5.74) is 1.58. The maximum atomic E-state index is 12.9. The Morgan fingerprint density at radius 2 is 1.54 bits per heavy atom. The first-order chi connectivity index (χ1) is 12.5. The third-order valence-electron chi connectivity index (χ3n) is 4.35. The fourth-order valence-corrected chi connectivity index (χ4v) is 4.68. The molecule has 0 saturated heterocycles. The van der Waals surface area contributed by atoms with Crippen molar-refractivity contribution in [3.05, 3.63) is 65.7 Å². The summed E-state index contributed by atoms with van der Waals surface area (Å²) >= 11 is 6.26. The number of rotatable bonds is 6. The minimum Gasteiger partial charge on any atom is -0.372 e. The zero-order chi connectivity index (χ0) is 18.7. The van der Waals surface area contributed by atoms with Crippen LogP contribution in [0.3, 0.4) is 0 Å². The number of nitrogens with one attached hydrogen (secondary N) is 1. The number of fused-ring (bicyclic) bond motifs is 1. The van der Waals surface area contributed by atoms with Gasteiger partial charge in [0.2, 0.25) is 0 Å². The summed E-state index contributed by atoms with van der Waals surface area (Å²) in [6, 6.07) is 17.9. The van der Waals surface area contributed by atoms with E-state index in [9.17, 15) is 8.42 Å². The fourth-order valence-electron chi connectivity index (χ4n) is 3.03. The van der Waals surface area contributed by atoms with Crippen molar-refractivity contribution in [3.8, 4) is 0 Å². The molecular formula is C20H21ClN2O2S. The van der Waals surface area contributed by atoms with Crippen LogP contribution in [0.1, 0.15) is 13.8 Å². The molecule has 0 bridgehead atoms. The van der Waals surface area contributed by atoms with Crippen LogP contribution in [0.25, 0.3) is 10.8 Å². The molecule has 0 atom stereocenters. The standard InChI is InChI=1S/C20H21ClN2O2S/c1-3-23(4-2)17-13-11-16(12-14-17)22-26(24,25)19-10-6-8-15-7-5-9-18(21)20(15)19/h5-14,22H,3-4H2,1-2H3. The van der Waals surface area contributed by atoms with Gasteiger partial charge in [-0.2, -0.15) is 0 Å². The van der Waals surface area contributed by atoms with Crippen molar-refractivity contribution >= 4 is 43.8 Å². The molecule has 0 unspecified atom stereocenters. The van der Waals surface area contributed by atoms with E-state index in [2.05, 4.69) is 23.5 Å². The molecule has 0 fully saturated rings. The molecule has 0 spiro atoms. The molecule has 0 aliphatic rings. The van der Waals surface area contributed by atoms with Gasteiger partial charge >= 0.3 is 0 Å². The van der Waals surface area contributed by atoms with Crippen LogP contribution in [0.5, 0.6) is 0 Å². The summed E-state index contributed by atoms with van der Waals surface area (Å²) in [5.74, 6) is 0. The quantitative estimate of drug-likeness (QED) is 0.636. The predicted octanol–water partition coefficient (Wildman–Crippen LogP) is 5.14. The van der Waals surface area contributed by atoms with E-state index >= 15 is 0 Å². The van der Waals surface area contributed by atoms with Gasteiger partial charge < -0.3 is 4.90 Å². The second kappa shape index (κ2) is 7.56. The molecule has 26 heavy (non-hydrogen) atoms. The van der Waals surface area contributed by atoms with E-state index < -0.39 is 10.0 Å². The number of benzene rings is 3. The largest absolute Gasteiger partial charge is 0.372 e. The van der Waals surface area contributed by atoms with E-state index in [0.29, 0.717) is 16.1 Å². The van der Waals surface area contributed by atoms with E-state index in [0.717, 1.165) is 24.2 Å². The molecule has 0 heterocycles. The van der Waals surface area contributed by atoms with E-state index in [1.165, 1.54) is 0 Å². The third kappa shape index (κ3) is 3.64. The SMILES string of the molecule is CCN(CC)c1ccc(NS(=O)(=O)c2cccc3cccc(Cl)c23)cc1. The molecule has 0 aromatic heterocycles. The lowest BCUT2D eigenvalue weighted by molar-refractivity contribution is 0.602. The Bertz CT molecular complexity index is 1010. The van der Waals surface area contributed by atoms with Crippen LogP contribution >= 0.6 is 11.6 Å². The van der Waals surface area contributed by atoms with Crippen LogP contribution in [-0.2, 0) is 10.0 Å². The number of nitrogens with zero attached hydrogens (tertiary/aromatic N) is 1. The lowest BCUT2D eigenvalue weighted by Gasteiger charge is -2.21. The van der Waals surface area contributed by atoms with Gasteiger partial charge in [-0.1, -0.05) is 35.9 Å². The number of halogens is 1. The van der Waals surface area contributed by atoms with Crippen molar-refractivity contribution in [1.82, 2.24) is 0 Å². The van der Waals surface area contributed by atoms with Crippen LogP contribution in [0.4, 0.5) is 11.4 Å². The minimum atomic E-state index is -3.75. The second-order valence-electron chi connectivity index (χ2n) is 5.92. The smallest absolute Gasteiger partial charge is 0.262 e. The topological polar surface area (TPSA) is 49.4 Å². The molecule has 0 saturated carbocycles. The Hall–Kier alpha value is -2.24. The molecule has 0 aliphatic carbocycles. The summed E-state index contributed by atoms with van der Waals surface area (Å²) in [6.45, 7) is 5.97. The van der Waals surface area contributed by atoms with Crippen molar-refractivity contribution in [1.29, 1.82) is 0 Å². The highest BCUT2D eigenvalue weighted by Crippen LogP contribution is 2.31. The van der Waals surface area contributed by atoms with Crippen LogP contribution in [0.2, 0.25) is 5.02 Å². The highest BCUT2D eigenvalue weighted by atomic mass is 35.5. The predicted molar refractivity (Wildman–Crippen MR) is 110 cm³/mol. The third-order valence-corrected chi connectivity index (χ3v) is 6.09. The minimum absolute atomic E-state index is 0.174. The summed E-state index contributed by atoms with van der Waals surface area (Å²) < 4.78 is 28.5. The Labute approximate surface area is 159 Å². The molecule has 0 aliphatic heterocycles. The lowest BCUT2D eigenvalue weighted by atomic mass is 10.1. The zero-order valence-corrected chi connectivity index (χ0v) is 16.3. The Balaban J connectivity index is 1.95. The number of anilines is 2. The molecule has 0 radical (unpaired) electrons. The van der Waals surface area contributed by atoms with E-state index in [1.54, 1.807) is 36.4 Å². The van der Waals surface area contributed by atoms with Crippen molar-refractivity contribution in [2.75, 3.05) is 22.7 Å². The summed E-state index contributed by atoms with van der Waals surface area (Å²) in [7, 11) is -3.75. The van der Waals surface area contributed by atoms with Gasteiger partial charge in [0.05, 0.1) is 4.90 Å². The van der Waals surface area contributed by atoms with Gasteiger partial charge in [0.25, 0.3) is 10.0 Å². The summed E-state index contributed by atoms with van der Waals surface area (Å²) in [5, 5.41) is 1.74. The molecular weight excluding hydrogens is 368 g/mol. The number of sulfonamides is 1. The lowest BCUT2D eigenvalue weighted by Crippen LogP contribution is -2.21. The molecule has 136 valence electrons. The van der Waals surface area contributed by atoms with Crippen molar-refractivity contribution in [3.63, 3.8) is 0 Å². The fraction of sp³-hybridized carbons (Fsp3) is 0.200. The normalized spacial score (nSPS) is 11.5. The molecule has 1 N–H and O–H groups in total. The van der Waals surface area contributed by atoms with Crippen molar-refractivity contribution in [2.24, 2.45) is 0 Å². The highest BCUT2D eigenvalue weighted by Gasteiger charge is 2.19. The first-order valence-corrected chi connectivity index (χ1v) is 10.4. The monoisotopic (exact) mass is 388 g/mol. The molecule has 4 nitrogen and oxygen atoms in total. The molecule has 3 aromatic carbocycles. The van der Waals surface area contributed by atoms with Gasteiger partial charge in [-0.3, -0.25) is 4.72 Å². The molecule has 0 amide bonds. The van der Waals surface area contributed by atoms with Crippen LogP contribution in [-0.4, -0.2) is 21.5 Å². The molecule has 6 heteroatoms. The number of hydrogen-bond acceptors (Lipinski definition) is 3. The first-order valence-electron chi connectivity index (χ1n) is 8.51. The van der Waals surface area contributed by atoms with Crippen LogP contribution < -0.4 is 9.62 Å². The average molecular weight is 389 g/mol. The van der Waals surface area contributed by atoms with Gasteiger partial charge in [0.15, 0.2) is 0 Å². The average Bonchev–Trinajstić information content (AvgIpc) is 2.64. The van der Waals surface area contributed by atoms with E-state index in [1.807, 2.05) is 24.3 Å².